The largest absolute Gasteiger partial charge is 0.496 e. The lowest BCUT2D eigenvalue weighted by atomic mass is 10.0. The van der Waals surface area contributed by atoms with Crippen molar-refractivity contribution in [3.63, 3.8) is 0 Å². The van der Waals surface area contributed by atoms with Gasteiger partial charge < -0.3 is 9.53 Å². The molecule has 0 aliphatic carbocycles. The maximum absolute atomic E-state index is 12.6. The van der Waals surface area contributed by atoms with Crippen molar-refractivity contribution in [2.24, 2.45) is 0 Å². The van der Waals surface area contributed by atoms with Crippen LogP contribution in [0.4, 0.5) is 13.2 Å². The zero-order chi connectivity index (χ0) is 12.2. The van der Waals surface area contributed by atoms with E-state index >= 15 is 0 Å². The van der Waals surface area contributed by atoms with E-state index in [0.717, 1.165) is 6.07 Å². The molecule has 0 aromatic heterocycles. The van der Waals surface area contributed by atoms with E-state index < -0.39 is 11.7 Å². The van der Waals surface area contributed by atoms with Crippen LogP contribution in [0.2, 0.25) is 0 Å². The van der Waals surface area contributed by atoms with Crippen molar-refractivity contribution in [2.75, 3.05) is 7.11 Å². The molecule has 0 amide bonds. The second kappa shape index (κ2) is 5.01. The normalized spacial score (nSPS) is 11.2. The van der Waals surface area contributed by atoms with E-state index in [1.807, 2.05) is 0 Å². The summed E-state index contributed by atoms with van der Waals surface area (Å²) >= 11 is 0. The van der Waals surface area contributed by atoms with E-state index in [4.69, 9.17) is 4.74 Å². The topological polar surface area (TPSA) is 26.3 Å². The van der Waals surface area contributed by atoms with Gasteiger partial charge in [0.15, 0.2) is 0 Å². The van der Waals surface area contributed by atoms with Crippen LogP contribution in [0.15, 0.2) is 18.2 Å². The number of hydrogen-bond acceptors (Lipinski definition) is 2. The molecule has 16 heavy (non-hydrogen) atoms. The van der Waals surface area contributed by atoms with Crippen LogP contribution in [0.5, 0.6) is 5.75 Å². The van der Waals surface area contributed by atoms with Crippen LogP contribution < -0.4 is 4.74 Å². The van der Waals surface area contributed by atoms with Crippen molar-refractivity contribution in [3.8, 4) is 5.75 Å². The molecular formula is C11H11F3O2. The van der Waals surface area contributed by atoms with Crippen LogP contribution in [-0.4, -0.2) is 13.4 Å². The lowest BCUT2D eigenvalue weighted by Gasteiger charge is -2.15. The Morgan fingerprint density at radius 1 is 1.38 bits per heavy atom. The molecule has 1 aromatic carbocycles. The lowest BCUT2D eigenvalue weighted by Crippen LogP contribution is -2.10. The summed E-state index contributed by atoms with van der Waals surface area (Å²) in [7, 11) is 1.31. The molecular weight excluding hydrogens is 221 g/mol. The highest BCUT2D eigenvalue weighted by Crippen LogP contribution is 2.36. The molecule has 0 saturated heterocycles. The van der Waals surface area contributed by atoms with Gasteiger partial charge in [-0.25, -0.2) is 0 Å². The molecule has 0 aliphatic rings. The smallest absolute Gasteiger partial charge is 0.416 e. The minimum Gasteiger partial charge on any atom is -0.496 e. The van der Waals surface area contributed by atoms with Crippen LogP contribution in [0.25, 0.3) is 0 Å². The highest BCUT2D eigenvalue weighted by atomic mass is 19.4. The Morgan fingerprint density at radius 2 is 2.06 bits per heavy atom. The van der Waals surface area contributed by atoms with Gasteiger partial charge in [0.2, 0.25) is 0 Å². The molecule has 2 nitrogen and oxygen atoms in total. The van der Waals surface area contributed by atoms with Gasteiger partial charge in [0.25, 0.3) is 0 Å². The Hall–Kier alpha value is -1.52. The van der Waals surface area contributed by atoms with Crippen molar-refractivity contribution >= 4 is 6.29 Å². The second-order valence-electron chi connectivity index (χ2n) is 3.19. The number of carbonyl (C=O) groups is 1. The summed E-state index contributed by atoms with van der Waals surface area (Å²) in [6, 6.07) is 3.73. The predicted octanol–water partition coefficient (Wildman–Crippen LogP) is 2.85. The maximum Gasteiger partial charge on any atom is 0.416 e. The summed E-state index contributed by atoms with van der Waals surface area (Å²) in [5.74, 6) is 0.164. The third-order valence-electron chi connectivity index (χ3n) is 2.17. The lowest BCUT2D eigenvalue weighted by molar-refractivity contribution is -0.138. The molecule has 0 saturated carbocycles. The molecule has 1 rings (SSSR count). The fraction of sp³-hybridized carbons (Fsp3) is 0.364. The molecule has 88 valence electrons. The Morgan fingerprint density at radius 3 is 2.56 bits per heavy atom. The van der Waals surface area contributed by atoms with Gasteiger partial charge in [0, 0.05) is 12.0 Å². The molecule has 0 N–H and O–H groups in total. The number of halogens is 3. The summed E-state index contributed by atoms with van der Waals surface area (Å²) < 4.78 is 42.8. The van der Waals surface area contributed by atoms with Gasteiger partial charge in [-0.05, 0) is 18.6 Å². The van der Waals surface area contributed by atoms with Gasteiger partial charge in [0.1, 0.15) is 12.0 Å². The summed E-state index contributed by atoms with van der Waals surface area (Å²) in [5.41, 5.74) is -0.710. The summed E-state index contributed by atoms with van der Waals surface area (Å²) in [6.45, 7) is 0. The van der Waals surface area contributed by atoms with Gasteiger partial charge in [-0.1, -0.05) is 6.07 Å². The molecule has 0 unspecified atom stereocenters. The van der Waals surface area contributed by atoms with E-state index in [2.05, 4.69) is 0 Å². The van der Waals surface area contributed by atoms with Gasteiger partial charge in [-0.2, -0.15) is 13.2 Å². The van der Waals surface area contributed by atoms with E-state index in [0.29, 0.717) is 6.29 Å². The van der Waals surface area contributed by atoms with Crippen molar-refractivity contribution in [1.29, 1.82) is 0 Å². The third-order valence-corrected chi connectivity index (χ3v) is 2.17. The summed E-state index contributed by atoms with van der Waals surface area (Å²) in [5, 5.41) is 0. The summed E-state index contributed by atoms with van der Waals surface area (Å²) in [6.07, 6.45) is -3.76. The van der Waals surface area contributed by atoms with Gasteiger partial charge >= 0.3 is 6.18 Å². The third kappa shape index (κ3) is 2.74. The Kier molecular flexibility index (Phi) is 3.93. The monoisotopic (exact) mass is 232 g/mol. The number of ether oxygens (including phenoxy) is 1. The van der Waals surface area contributed by atoms with Crippen LogP contribution >= 0.6 is 0 Å². The van der Waals surface area contributed by atoms with E-state index in [1.54, 1.807) is 0 Å². The molecule has 0 atom stereocenters. The molecule has 1 aromatic rings. The Balaban J connectivity index is 3.20. The van der Waals surface area contributed by atoms with Crippen molar-refractivity contribution in [2.45, 2.75) is 19.0 Å². The fourth-order valence-corrected chi connectivity index (χ4v) is 1.48. The molecule has 5 heteroatoms. The number of carbonyl (C=O) groups excluding carboxylic acids is 1. The van der Waals surface area contributed by atoms with Crippen LogP contribution in [-0.2, 0) is 17.4 Å². The second-order valence-corrected chi connectivity index (χ2v) is 3.19. The Labute approximate surface area is 91.0 Å². The van der Waals surface area contributed by atoms with Gasteiger partial charge in [0.05, 0.1) is 12.7 Å². The van der Waals surface area contributed by atoms with Gasteiger partial charge in [-0.3, -0.25) is 0 Å². The van der Waals surface area contributed by atoms with Crippen molar-refractivity contribution in [3.05, 3.63) is 29.3 Å². The molecule has 0 fully saturated rings. The minimum atomic E-state index is -4.42. The first-order valence-corrected chi connectivity index (χ1v) is 4.67. The zero-order valence-electron chi connectivity index (χ0n) is 8.67. The molecule has 0 heterocycles. The van der Waals surface area contributed by atoms with Crippen molar-refractivity contribution < 1.29 is 22.7 Å². The van der Waals surface area contributed by atoms with Crippen LogP contribution in [0.3, 0.4) is 0 Å². The average Bonchev–Trinajstić information content (AvgIpc) is 2.24. The maximum atomic E-state index is 12.6. The van der Waals surface area contributed by atoms with Crippen molar-refractivity contribution in [1.82, 2.24) is 0 Å². The summed E-state index contributed by atoms with van der Waals surface area (Å²) in [4.78, 5) is 10.2. The molecule has 0 spiro atoms. The molecule has 0 aliphatic heterocycles. The number of aldehydes is 1. The average molecular weight is 232 g/mol. The number of methoxy groups -OCH3 is 1. The number of hydrogen-bond donors (Lipinski definition) is 0. The number of benzene rings is 1. The predicted molar refractivity (Wildman–Crippen MR) is 52.4 cm³/mol. The Bertz CT molecular complexity index is 372. The quantitative estimate of drug-likeness (QED) is 0.746. The van der Waals surface area contributed by atoms with Gasteiger partial charge in [-0.15, -0.1) is 0 Å². The fourth-order valence-electron chi connectivity index (χ4n) is 1.48. The number of alkyl halides is 3. The number of rotatable bonds is 4. The minimum absolute atomic E-state index is 0.0301. The zero-order valence-corrected chi connectivity index (χ0v) is 8.67. The standard InChI is InChI=1S/C11H11F3O2/c1-16-10-6-2-5-9(11(12,13)14)8(10)4-3-7-15/h2,5-7H,3-4H2,1H3. The molecule has 0 radical (unpaired) electrons. The van der Waals surface area contributed by atoms with E-state index in [9.17, 15) is 18.0 Å². The molecule has 0 bridgehead atoms. The highest BCUT2D eigenvalue weighted by molar-refractivity contribution is 5.52. The van der Waals surface area contributed by atoms with Crippen LogP contribution in [0.1, 0.15) is 17.5 Å². The van der Waals surface area contributed by atoms with Crippen LogP contribution in [0, 0.1) is 0 Å². The first kappa shape index (κ1) is 12.5. The first-order valence-electron chi connectivity index (χ1n) is 4.67. The highest BCUT2D eigenvalue weighted by Gasteiger charge is 2.34. The van der Waals surface area contributed by atoms with E-state index in [1.165, 1.54) is 19.2 Å². The SMILES string of the molecule is COc1cccc(C(F)(F)F)c1CCC=O. The van der Waals surface area contributed by atoms with E-state index in [-0.39, 0.29) is 24.2 Å². The first-order chi connectivity index (χ1) is 7.50.